The zero-order valence-electron chi connectivity index (χ0n) is 13.2. The van der Waals surface area contributed by atoms with Crippen LogP contribution in [0.4, 0.5) is 5.69 Å². The highest BCUT2D eigenvalue weighted by molar-refractivity contribution is 6.33. The number of rotatable bonds is 5. The fourth-order valence-corrected chi connectivity index (χ4v) is 2.31. The first kappa shape index (κ1) is 16.9. The quantitative estimate of drug-likeness (QED) is 0.826. The maximum absolute atomic E-state index is 12.2. The molecule has 0 aliphatic heterocycles. The zero-order valence-corrected chi connectivity index (χ0v) is 14.0. The highest BCUT2D eigenvalue weighted by Crippen LogP contribution is 2.30. The number of allylic oxidation sites excluding steroid dienone is 1. The summed E-state index contributed by atoms with van der Waals surface area (Å²) in [5, 5.41) is 3.25. The van der Waals surface area contributed by atoms with Gasteiger partial charge in [0.15, 0.2) is 0 Å². The second-order valence-corrected chi connectivity index (χ2v) is 5.27. The van der Waals surface area contributed by atoms with E-state index in [0.29, 0.717) is 22.2 Å². The molecule has 2 aromatic carbocycles. The van der Waals surface area contributed by atoms with E-state index in [4.69, 9.17) is 21.1 Å². The molecule has 1 N–H and O–H groups in total. The number of ether oxygens (including phenoxy) is 2. The molecule has 2 aromatic rings. The van der Waals surface area contributed by atoms with Crippen molar-refractivity contribution in [3.63, 3.8) is 0 Å². The molecule has 23 heavy (non-hydrogen) atoms. The molecule has 0 saturated carbocycles. The highest BCUT2D eigenvalue weighted by Gasteiger charge is 2.09. The van der Waals surface area contributed by atoms with Gasteiger partial charge in [-0.25, -0.2) is 0 Å². The topological polar surface area (TPSA) is 47.6 Å². The first-order chi connectivity index (χ1) is 11.0. The minimum absolute atomic E-state index is 0.256. The molecule has 0 fully saturated rings. The minimum atomic E-state index is -0.256. The van der Waals surface area contributed by atoms with Gasteiger partial charge >= 0.3 is 0 Å². The van der Waals surface area contributed by atoms with E-state index >= 15 is 0 Å². The number of hydrogen-bond acceptors (Lipinski definition) is 3. The molecule has 0 aliphatic carbocycles. The zero-order chi connectivity index (χ0) is 16.8. The smallest absolute Gasteiger partial charge is 0.248 e. The summed E-state index contributed by atoms with van der Waals surface area (Å²) in [6.07, 6.45) is 1.51. The molecular weight excluding hydrogens is 314 g/mol. The van der Waals surface area contributed by atoms with Gasteiger partial charge in [-0.3, -0.25) is 4.79 Å². The number of carbonyl (C=O) groups is 1. The van der Waals surface area contributed by atoms with Crippen LogP contribution in [0.25, 0.3) is 5.57 Å². The van der Waals surface area contributed by atoms with E-state index in [1.54, 1.807) is 38.5 Å². The van der Waals surface area contributed by atoms with Crippen LogP contribution >= 0.6 is 11.6 Å². The van der Waals surface area contributed by atoms with Gasteiger partial charge in [0.1, 0.15) is 11.5 Å². The summed E-state index contributed by atoms with van der Waals surface area (Å²) in [5.41, 5.74) is 2.17. The van der Waals surface area contributed by atoms with Crippen molar-refractivity contribution < 1.29 is 14.3 Å². The molecule has 0 atom stereocenters. The number of hydrogen-bond donors (Lipinski definition) is 1. The number of benzene rings is 2. The van der Waals surface area contributed by atoms with Gasteiger partial charge in [0.25, 0.3) is 0 Å². The normalized spacial score (nSPS) is 11.0. The van der Waals surface area contributed by atoms with E-state index in [1.165, 1.54) is 6.08 Å². The molecule has 0 aromatic heterocycles. The monoisotopic (exact) mass is 331 g/mol. The van der Waals surface area contributed by atoms with Crippen molar-refractivity contribution in [2.75, 3.05) is 19.5 Å². The third-order valence-electron chi connectivity index (χ3n) is 3.31. The fraction of sp³-hybridized carbons (Fsp3) is 0.167. The van der Waals surface area contributed by atoms with Gasteiger partial charge in [-0.15, -0.1) is 0 Å². The number of para-hydroxylation sites is 1. The largest absolute Gasteiger partial charge is 0.497 e. The molecule has 0 spiro atoms. The minimum Gasteiger partial charge on any atom is -0.497 e. The van der Waals surface area contributed by atoms with Crippen molar-refractivity contribution in [2.24, 2.45) is 0 Å². The molecular formula is C18H18ClNO3. The Balaban J connectivity index is 2.22. The number of nitrogens with one attached hydrogen (secondary N) is 1. The summed E-state index contributed by atoms with van der Waals surface area (Å²) in [5.74, 6) is 1.08. The third-order valence-corrected chi connectivity index (χ3v) is 3.64. The van der Waals surface area contributed by atoms with E-state index in [9.17, 15) is 4.79 Å². The average molecular weight is 332 g/mol. The van der Waals surface area contributed by atoms with Crippen LogP contribution in [0.3, 0.4) is 0 Å². The standard InChI is InChI=1S/C18H18ClNO3/c1-12(14-9-8-13(22-2)11-17(14)23-3)10-18(21)20-16-7-5-4-6-15(16)19/h4-11H,1-3H3,(H,20,21)/b12-10+. The molecule has 0 radical (unpaired) electrons. The average Bonchev–Trinajstić information content (AvgIpc) is 2.56. The Hall–Kier alpha value is -2.46. The predicted octanol–water partition coefficient (Wildman–Crippen LogP) is 4.40. The summed E-state index contributed by atoms with van der Waals surface area (Å²) >= 11 is 6.03. The molecule has 0 aliphatic rings. The molecule has 4 nitrogen and oxygen atoms in total. The lowest BCUT2D eigenvalue weighted by Crippen LogP contribution is -2.09. The summed E-state index contributed by atoms with van der Waals surface area (Å²) in [6.45, 7) is 1.84. The van der Waals surface area contributed by atoms with E-state index in [2.05, 4.69) is 5.32 Å². The van der Waals surface area contributed by atoms with E-state index in [1.807, 2.05) is 25.1 Å². The maximum Gasteiger partial charge on any atom is 0.248 e. The second kappa shape index (κ2) is 7.70. The van der Waals surface area contributed by atoms with Crippen LogP contribution in [-0.2, 0) is 4.79 Å². The Bertz CT molecular complexity index is 741. The Labute approximate surface area is 140 Å². The summed E-state index contributed by atoms with van der Waals surface area (Å²) in [6, 6.07) is 12.5. The molecule has 1 amide bonds. The van der Waals surface area contributed by atoms with Crippen LogP contribution in [0.5, 0.6) is 11.5 Å². The molecule has 0 heterocycles. The number of methoxy groups -OCH3 is 2. The second-order valence-electron chi connectivity index (χ2n) is 4.86. The van der Waals surface area contributed by atoms with Gasteiger partial charge in [0.2, 0.25) is 5.91 Å². The van der Waals surface area contributed by atoms with E-state index in [0.717, 1.165) is 11.1 Å². The maximum atomic E-state index is 12.2. The Morgan fingerprint density at radius 1 is 1.13 bits per heavy atom. The van der Waals surface area contributed by atoms with Crippen molar-refractivity contribution >= 4 is 28.8 Å². The molecule has 0 saturated heterocycles. The lowest BCUT2D eigenvalue weighted by Gasteiger charge is -2.11. The van der Waals surface area contributed by atoms with E-state index < -0.39 is 0 Å². The van der Waals surface area contributed by atoms with Gasteiger partial charge in [-0.1, -0.05) is 23.7 Å². The first-order valence-corrected chi connectivity index (χ1v) is 7.39. The van der Waals surface area contributed by atoms with Crippen molar-refractivity contribution in [3.8, 4) is 11.5 Å². The molecule has 2 rings (SSSR count). The van der Waals surface area contributed by atoms with Crippen LogP contribution < -0.4 is 14.8 Å². The number of halogens is 1. The van der Waals surface area contributed by atoms with Gasteiger partial charge in [-0.2, -0.15) is 0 Å². The number of carbonyl (C=O) groups excluding carboxylic acids is 1. The Morgan fingerprint density at radius 3 is 2.52 bits per heavy atom. The molecule has 5 heteroatoms. The van der Waals surface area contributed by atoms with Crippen LogP contribution in [0.1, 0.15) is 12.5 Å². The lowest BCUT2D eigenvalue weighted by atomic mass is 10.1. The molecule has 0 bridgehead atoms. The van der Waals surface area contributed by atoms with Crippen molar-refractivity contribution in [1.82, 2.24) is 0 Å². The summed E-state index contributed by atoms with van der Waals surface area (Å²) in [4.78, 5) is 12.2. The van der Waals surface area contributed by atoms with E-state index in [-0.39, 0.29) is 5.91 Å². The van der Waals surface area contributed by atoms with Crippen molar-refractivity contribution in [3.05, 3.63) is 59.1 Å². The summed E-state index contributed by atoms with van der Waals surface area (Å²) < 4.78 is 10.5. The van der Waals surface area contributed by atoms with Gasteiger partial charge < -0.3 is 14.8 Å². The van der Waals surface area contributed by atoms with Crippen LogP contribution in [0, 0.1) is 0 Å². The van der Waals surface area contributed by atoms with Gasteiger partial charge in [0.05, 0.1) is 24.9 Å². The SMILES string of the molecule is COc1ccc(/C(C)=C/C(=O)Nc2ccccc2Cl)c(OC)c1. The van der Waals surface area contributed by atoms with Crippen molar-refractivity contribution in [1.29, 1.82) is 0 Å². The first-order valence-electron chi connectivity index (χ1n) is 7.01. The number of amides is 1. The predicted molar refractivity (Wildman–Crippen MR) is 93.3 cm³/mol. The van der Waals surface area contributed by atoms with Crippen LogP contribution in [0.15, 0.2) is 48.5 Å². The van der Waals surface area contributed by atoms with Crippen LogP contribution in [-0.4, -0.2) is 20.1 Å². The molecule has 120 valence electrons. The summed E-state index contributed by atoms with van der Waals surface area (Å²) in [7, 11) is 3.17. The highest BCUT2D eigenvalue weighted by atomic mass is 35.5. The van der Waals surface area contributed by atoms with Gasteiger partial charge in [0, 0.05) is 17.7 Å². The number of anilines is 1. The molecule has 0 unspecified atom stereocenters. The van der Waals surface area contributed by atoms with Crippen molar-refractivity contribution in [2.45, 2.75) is 6.92 Å². The Morgan fingerprint density at radius 2 is 1.87 bits per heavy atom. The van der Waals surface area contributed by atoms with Crippen LogP contribution in [0.2, 0.25) is 5.02 Å². The lowest BCUT2D eigenvalue weighted by molar-refractivity contribution is -0.111. The Kier molecular flexibility index (Phi) is 5.66. The fourth-order valence-electron chi connectivity index (χ4n) is 2.13. The third kappa shape index (κ3) is 4.27. The van der Waals surface area contributed by atoms with Gasteiger partial charge in [-0.05, 0) is 36.8 Å².